The summed E-state index contributed by atoms with van der Waals surface area (Å²) in [5.41, 5.74) is 2.86. The van der Waals surface area contributed by atoms with Crippen LogP contribution in [0.5, 0.6) is 5.75 Å². The highest BCUT2D eigenvalue weighted by Gasteiger charge is 2.40. The Balaban J connectivity index is 1.30. The van der Waals surface area contributed by atoms with Crippen LogP contribution in [0.15, 0.2) is 53.6 Å². The monoisotopic (exact) mass is 431 g/mol. The first kappa shape index (κ1) is 19.0. The highest BCUT2D eigenvalue weighted by atomic mass is 32.1. The van der Waals surface area contributed by atoms with Crippen molar-refractivity contribution in [3.8, 4) is 5.75 Å². The Morgan fingerprint density at radius 3 is 3.03 bits per heavy atom. The van der Waals surface area contributed by atoms with Crippen molar-refractivity contribution in [1.82, 2.24) is 14.9 Å². The van der Waals surface area contributed by atoms with Gasteiger partial charge in [0.2, 0.25) is 0 Å². The first-order chi connectivity index (χ1) is 15.2. The summed E-state index contributed by atoms with van der Waals surface area (Å²) in [6.45, 7) is 1.72. The molecule has 3 heterocycles. The minimum absolute atomic E-state index is 0.0720. The van der Waals surface area contributed by atoms with Gasteiger partial charge in [0.15, 0.2) is 0 Å². The maximum Gasteiger partial charge on any atom is 0.262 e. The molecule has 2 aliphatic rings. The third kappa shape index (κ3) is 3.00. The number of methoxy groups -OCH3 is 1. The summed E-state index contributed by atoms with van der Waals surface area (Å²) in [6, 6.07) is 14.9. The number of nitrogens with zero attached hydrogens (tertiary/aromatic N) is 2. The number of nitrogens with one attached hydrogen (secondary N) is 1. The molecule has 2 aromatic carbocycles. The normalized spacial score (nSPS) is 22.5. The smallest absolute Gasteiger partial charge is 0.262 e. The Morgan fingerprint density at radius 2 is 2.13 bits per heavy atom. The van der Waals surface area contributed by atoms with Gasteiger partial charge in [0, 0.05) is 28.6 Å². The molecule has 31 heavy (non-hydrogen) atoms. The predicted molar refractivity (Wildman–Crippen MR) is 125 cm³/mol. The van der Waals surface area contributed by atoms with Gasteiger partial charge in [0.05, 0.1) is 18.8 Å². The molecular weight excluding hydrogens is 406 g/mol. The molecule has 0 spiro atoms. The first-order valence-corrected chi connectivity index (χ1v) is 11.8. The summed E-state index contributed by atoms with van der Waals surface area (Å²) < 4.78 is 8.55. The number of fused-ring (bicyclic) bond motifs is 6. The van der Waals surface area contributed by atoms with E-state index in [1.807, 2.05) is 18.2 Å². The maximum absolute atomic E-state index is 13.3. The van der Waals surface area contributed by atoms with Crippen LogP contribution in [0.3, 0.4) is 0 Å². The van der Waals surface area contributed by atoms with Gasteiger partial charge < -0.3 is 10.1 Å². The van der Waals surface area contributed by atoms with Crippen molar-refractivity contribution in [1.29, 1.82) is 0 Å². The van der Waals surface area contributed by atoms with Crippen LogP contribution < -0.4 is 15.6 Å². The average Bonchev–Trinajstić information content (AvgIpc) is 3.40. The molecule has 2 aromatic heterocycles. The van der Waals surface area contributed by atoms with E-state index in [4.69, 9.17) is 4.74 Å². The molecule has 0 saturated carbocycles. The zero-order chi connectivity index (χ0) is 20.9. The summed E-state index contributed by atoms with van der Waals surface area (Å²) in [6.07, 6.45) is 4.91. The molecule has 1 unspecified atom stereocenters. The number of ether oxygens (including phenoxy) is 1. The molecule has 3 atom stereocenters. The van der Waals surface area contributed by atoms with Crippen molar-refractivity contribution in [2.75, 3.05) is 13.7 Å². The minimum Gasteiger partial charge on any atom is -0.496 e. The fourth-order valence-electron chi connectivity index (χ4n) is 5.69. The third-order valence-electron chi connectivity index (χ3n) is 7.14. The molecule has 1 aliphatic heterocycles. The van der Waals surface area contributed by atoms with Crippen molar-refractivity contribution >= 4 is 31.6 Å². The zero-order valence-electron chi connectivity index (χ0n) is 17.5. The molecule has 1 aliphatic carbocycles. The molecule has 0 bridgehead atoms. The SMILES string of the molecule is COc1cccc2c1CC[C@@H]1CNC(CCn3cnc4sc5ccccc5c4c3=O)[C@@H]21. The van der Waals surface area contributed by atoms with E-state index in [1.165, 1.54) is 17.5 Å². The number of hydrogen-bond acceptors (Lipinski definition) is 5. The van der Waals surface area contributed by atoms with Crippen LogP contribution >= 0.6 is 11.3 Å². The fraction of sp³-hybridized carbons (Fsp3) is 0.360. The van der Waals surface area contributed by atoms with Gasteiger partial charge >= 0.3 is 0 Å². The van der Waals surface area contributed by atoms with Crippen LogP contribution in [0.2, 0.25) is 0 Å². The van der Waals surface area contributed by atoms with Gasteiger partial charge in [-0.05, 0) is 55.0 Å². The van der Waals surface area contributed by atoms with Crippen LogP contribution in [0.25, 0.3) is 20.3 Å². The maximum atomic E-state index is 13.3. The second kappa shape index (κ2) is 7.46. The molecule has 5 nitrogen and oxygen atoms in total. The van der Waals surface area contributed by atoms with Crippen molar-refractivity contribution < 1.29 is 4.74 Å². The molecule has 0 radical (unpaired) electrons. The van der Waals surface area contributed by atoms with E-state index in [0.717, 1.165) is 45.4 Å². The summed E-state index contributed by atoms with van der Waals surface area (Å²) in [5, 5.41) is 5.53. The Hall–Kier alpha value is -2.70. The van der Waals surface area contributed by atoms with E-state index in [2.05, 4.69) is 34.6 Å². The third-order valence-corrected chi connectivity index (χ3v) is 8.22. The molecular formula is C25H25N3O2S. The van der Waals surface area contributed by atoms with Crippen LogP contribution in [-0.4, -0.2) is 29.2 Å². The van der Waals surface area contributed by atoms with E-state index < -0.39 is 0 Å². The number of aryl methyl sites for hydroxylation is 1. The predicted octanol–water partition coefficient (Wildman–Crippen LogP) is 4.33. The van der Waals surface area contributed by atoms with Crippen molar-refractivity contribution in [2.24, 2.45) is 5.92 Å². The molecule has 1 N–H and O–H groups in total. The lowest BCUT2D eigenvalue weighted by Crippen LogP contribution is -2.31. The Bertz CT molecular complexity index is 1340. The Kier molecular flexibility index (Phi) is 4.58. The lowest BCUT2D eigenvalue weighted by molar-refractivity contribution is 0.371. The van der Waals surface area contributed by atoms with Crippen molar-refractivity contribution in [2.45, 2.75) is 37.8 Å². The van der Waals surface area contributed by atoms with Gasteiger partial charge in [-0.1, -0.05) is 30.3 Å². The number of benzene rings is 2. The summed E-state index contributed by atoms with van der Waals surface area (Å²) in [5.74, 6) is 2.15. The Labute approximate surface area is 184 Å². The molecule has 1 saturated heterocycles. The van der Waals surface area contributed by atoms with E-state index in [0.29, 0.717) is 24.4 Å². The van der Waals surface area contributed by atoms with Crippen LogP contribution in [-0.2, 0) is 13.0 Å². The molecule has 1 fully saturated rings. The standard InChI is InChI=1S/C25H25N3O2S/c1-30-20-7-4-6-17-16(20)10-9-15-13-26-19(22(15)17)11-12-28-14-27-24-23(25(28)29)18-5-2-3-8-21(18)31-24/h2-8,14-15,19,22,26H,9-13H2,1H3/t15-,19?,22-/m1/s1. The van der Waals surface area contributed by atoms with Crippen molar-refractivity contribution in [3.63, 3.8) is 0 Å². The number of thiophene rings is 1. The van der Waals surface area contributed by atoms with Crippen molar-refractivity contribution in [3.05, 3.63) is 70.3 Å². The van der Waals surface area contributed by atoms with Crippen LogP contribution in [0.4, 0.5) is 0 Å². The largest absolute Gasteiger partial charge is 0.496 e. The molecule has 6 heteroatoms. The summed E-state index contributed by atoms with van der Waals surface area (Å²) in [7, 11) is 1.76. The molecule has 158 valence electrons. The molecule has 0 amide bonds. The second-order valence-electron chi connectivity index (χ2n) is 8.68. The molecule has 6 rings (SSSR count). The van der Waals surface area contributed by atoms with Gasteiger partial charge in [0.25, 0.3) is 5.56 Å². The zero-order valence-corrected chi connectivity index (χ0v) is 18.3. The van der Waals surface area contributed by atoms with E-state index in [9.17, 15) is 4.79 Å². The van der Waals surface area contributed by atoms with Gasteiger partial charge in [-0.2, -0.15) is 0 Å². The molecule has 4 aromatic rings. The fourth-order valence-corrected chi connectivity index (χ4v) is 6.72. The van der Waals surface area contributed by atoms with E-state index in [-0.39, 0.29) is 5.56 Å². The lowest BCUT2D eigenvalue weighted by Gasteiger charge is -2.32. The van der Waals surface area contributed by atoms with E-state index in [1.54, 1.807) is 29.3 Å². The number of aromatic nitrogens is 2. The van der Waals surface area contributed by atoms with Gasteiger partial charge in [-0.25, -0.2) is 4.98 Å². The number of hydrogen-bond donors (Lipinski definition) is 1. The summed E-state index contributed by atoms with van der Waals surface area (Å²) >= 11 is 1.59. The van der Waals surface area contributed by atoms with Gasteiger partial charge in [-0.15, -0.1) is 11.3 Å². The van der Waals surface area contributed by atoms with Crippen LogP contribution in [0.1, 0.15) is 29.9 Å². The van der Waals surface area contributed by atoms with E-state index >= 15 is 0 Å². The Morgan fingerprint density at radius 1 is 1.23 bits per heavy atom. The van der Waals surface area contributed by atoms with Gasteiger partial charge in [0.1, 0.15) is 10.6 Å². The second-order valence-corrected chi connectivity index (χ2v) is 9.71. The first-order valence-electron chi connectivity index (χ1n) is 11.0. The summed E-state index contributed by atoms with van der Waals surface area (Å²) in [4.78, 5) is 18.7. The van der Waals surface area contributed by atoms with Crippen LogP contribution in [0, 0.1) is 5.92 Å². The number of rotatable bonds is 4. The quantitative estimate of drug-likeness (QED) is 0.523. The topological polar surface area (TPSA) is 56.1 Å². The average molecular weight is 432 g/mol. The minimum atomic E-state index is 0.0720. The highest BCUT2D eigenvalue weighted by molar-refractivity contribution is 7.25. The lowest BCUT2D eigenvalue weighted by atomic mass is 9.73. The van der Waals surface area contributed by atoms with Gasteiger partial charge in [-0.3, -0.25) is 9.36 Å². The highest BCUT2D eigenvalue weighted by Crippen LogP contribution is 2.45.